The maximum atomic E-state index is 13.4. The van der Waals surface area contributed by atoms with Gasteiger partial charge >= 0.3 is 5.97 Å². The molecular weight excluding hydrogens is 319 g/mol. The van der Waals surface area contributed by atoms with E-state index in [4.69, 9.17) is 0 Å². The van der Waals surface area contributed by atoms with Gasteiger partial charge in [-0.1, -0.05) is 6.07 Å². The number of aryl methyl sites for hydroxylation is 1. The molecule has 0 saturated heterocycles. The van der Waals surface area contributed by atoms with Crippen LogP contribution in [0.1, 0.15) is 10.7 Å². The number of carbonyl (C=O) groups excluding carboxylic acids is 2. The summed E-state index contributed by atoms with van der Waals surface area (Å²) in [5, 5.41) is 2.69. The highest BCUT2D eigenvalue weighted by molar-refractivity contribution is 7.09. The molecule has 1 aromatic carbocycles. The molecule has 0 aliphatic carbocycles. The average Bonchev–Trinajstić information content (AvgIpc) is 2.95. The van der Waals surface area contributed by atoms with Gasteiger partial charge in [-0.25, -0.2) is 9.37 Å². The number of rotatable bonds is 5. The fourth-order valence-corrected chi connectivity index (χ4v) is 2.42. The van der Waals surface area contributed by atoms with Gasteiger partial charge in [0.05, 0.1) is 17.8 Å². The van der Waals surface area contributed by atoms with E-state index in [-0.39, 0.29) is 12.2 Å². The van der Waals surface area contributed by atoms with Crippen LogP contribution in [0.2, 0.25) is 0 Å². The van der Waals surface area contributed by atoms with Crippen LogP contribution in [0.25, 0.3) is 6.08 Å². The van der Waals surface area contributed by atoms with Gasteiger partial charge in [-0.15, -0.1) is 11.3 Å². The quantitative estimate of drug-likeness (QED) is 0.623. The second-order valence-electron chi connectivity index (χ2n) is 4.61. The van der Waals surface area contributed by atoms with Crippen molar-refractivity contribution in [2.75, 3.05) is 18.6 Å². The summed E-state index contributed by atoms with van der Waals surface area (Å²) in [6, 6.07) is 5.46. The highest BCUT2D eigenvalue weighted by Gasteiger charge is 2.18. The summed E-state index contributed by atoms with van der Waals surface area (Å²) in [6.45, 7) is 1.55. The molecule has 0 saturated carbocycles. The summed E-state index contributed by atoms with van der Waals surface area (Å²) in [6.07, 6.45) is 2.84. The number of ether oxygens (including phenoxy) is 1. The molecule has 7 heteroatoms. The summed E-state index contributed by atoms with van der Waals surface area (Å²) in [4.78, 5) is 29.2. The number of anilines is 1. The average molecular weight is 334 g/mol. The van der Waals surface area contributed by atoms with E-state index in [1.807, 2.05) is 12.3 Å². The number of nitrogens with zero attached hydrogens (tertiary/aromatic N) is 2. The van der Waals surface area contributed by atoms with Crippen LogP contribution in [0.3, 0.4) is 0 Å². The van der Waals surface area contributed by atoms with E-state index in [9.17, 15) is 14.0 Å². The zero-order valence-electron chi connectivity index (χ0n) is 12.7. The Morgan fingerprint density at radius 1 is 1.43 bits per heavy atom. The van der Waals surface area contributed by atoms with Crippen molar-refractivity contribution in [2.45, 2.75) is 6.92 Å². The topological polar surface area (TPSA) is 59.5 Å². The molecule has 0 fully saturated rings. The largest absolute Gasteiger partial charge is 0.468 e. The molecule has 0 spiro atoms. The Balaban J connectivity index is 2.23. The number of hydrogen-bond acceptors (Lipinski definition) is 5. The summed E-state index contributed by atoms with van der Waals surface area (Å²) >= 11 is 1.47. The Hall–Kier alpha value is -2.54. The molecule has 0 radical (unpaired) electrons. The third-order valence-electron chi connectivity index (χ3n) is 2.93. The number of methoxy groups -OCH3 is 1. The van der Waals surface area contributed by atoms with Gasteiger partial charge in [0.15, 0.2) is 0 Å². The van der Waals surface area contributed by atoms with Crippen molar-refractivity contribution in [1.82, 2.24) is 4.98 Å². The lowest BCUT2D eigenvalue weighted by molar-refractivity contribution is -0.139. The van der Waals surface area contributed by atoms with Gasteiger partial charge in [0.1, 0.15) is 12.4 Å². The Bertz CT molecular complexity index is 742. The molecule has 0 N–H and O–H groups in total. The monoisotopic (exact) mass is 334 g/mol. The third-order valence-corrected chi connectivity index (χ3v) is 3.73. The maximum Gasteiger partial charge on any atom is 0.325 e. The molecule has 5 nitrogen and oxygen atoms in total. The van der Waals surface area contributed by atoms with Crippen molar-refractivity contribution in [1.29, 1.82) is 0 Å². The van der Waals surface area contributed by atoms with Gasteiger partial charge in [0, 0.05) is 17.1 Å². The lowest BCUT2D eigenvalue weighted by atomic mass is 10.2. The predicted octanol–water partition coefficient (Wildman–Crippen LogP) is 2.81. The number of hydrogen-bond donors (Lipinski definition) is 0. The summed E-state index contributed by atoms with van der Waals surface area (Å²) in [7, 11) is 1.23. The van der Waals surface area contributed by atoms with Crippen LogP contribution in [0, 0.1) is 12.7 Å². The Morgan fingerprint density at radius 3 is 2.83 bits per heavy atom. The van der Waals surface area contributed by atoms with Crippen molar-refractivity contribution < 1.29 is 18.7 Å². The second-order valence-corrected chi connectivity index (χ2v) is 5.67. The van der Waals surface area contributed by atoms with E-state index in [0.717, 1.165) is 9.91 Å². The maximum absolute atomic E-state index is 13.4. The molecule has 0 bridgehead atoms. The molecule has 0 unspecified atom stereocenters. The summed E-state index contributed by atoms with van der Waals surface area (Å²) < 4.78 is 18.0. The highest BCUT2D eigenvalue weighted by atomic mass is 32.1. The second kappa shape index (κ2) is 7.64. The first-order chi connectivity index (χ1) is 11.0. The normalized spacial score (nSPS) is 10.7. The van der Waals surface area contributed by atoms with Gasteiger partial charge in [0.2, 0.25) is 0 Å². The molecular formula is C16H15FN2O3S. The lowest BCUT2D eigenvalue weighted by Gasteiger charge is -2.20. The summed E-state index contributed by atoms with van der Waals surface area (Å²) in [5.74, 6) is -1.56. The van der Waals surface area contributed by atoms with Crippen LogP contribution in [0.15, 0.2) is 35.7 Å². The van der Waals surface area contributed by atoms with E-state index >= 15 is 0 Å². The number of benzene rings is 1. The first-order valence-electron chi connectivity index (χ1n) is 6.73. The number of esters is 1. The number of halogens is 1. The van der Waals surface area contributed by atoms with Gasteiger partial charge in [0.25, 0.3) is 5.91 Å². The molecule has 2 rings (SSSR count). The molecule has 120 valence electrons. The molecule has 23 heavy (non-hydrogen) atoms. The summed E-state index contributed by atoms with van der Waals surface area (Å²) in [5.41, 5.74) is 0.928. The standard InChI is InChI=1S/C16H15FN2O3S/c1-11-18-13(10-23-11)6-7-15(20)19(9-16(21)22-2)14-5-3-4-12(17)8-14/h3-8,10H,9H2,1-2H3/b7-6+. The molecule has 0 aliphatic heterocycles. The highest BCUT2D eigenvalue weighted by Crippen LogP contribution is 2.17. The number of thiazole rings is 1. The van der Waals surface area contributed by atoms with E-state index in [2.05, 4.69) is 9.72 Å². The fraction of sp³-hybridized carbons (Fsp3) is 0.188. The van der Waals surface area contributed by atoms with Crippen LogP contribution in [0.4, 0.5) is 10.1 Å². The van der Waals surface area contributed by atoms with E-state index < -0.39 is 17.7 Å². The minimum Gasteiger partial charge on any atom is -0.468 e. The van der Waals surface area contributed by atoms with Crippen molar-refractivity contribution >= 4 is 35.0 Å². The van der Waals surface area contributed by atoms with Gasteiger partial charge in [-0.2, -0.15) is 0 Å². The van der Waals surface area contributed by atoms with Crippen LogP contribution in [0.5, 0.6) is 0 Å². The SMILES string of the molecule is COC(=O)CN(C(=O)/C=C/c1csc(C)n1)c1cccc(F)c1. The van der Waals surface area contributed by atoms with E-state index in [1.165, 1.54) is 42.7 Å². The van der Waals surface area contributed by atoms with Crippen LogP contribution in [-0.2, 0) is 14.3 Å². The Labute approximate surface area is 137 Å². The van der Waals surface area contributed by atoms with Crippen molar-refractivity contribution in [3.05, 3.63) is 52.2 Å². The van der Waals surface area contributed by atoms with E-state index in [0.29, 0.717) is 5.69 Å². The van der Waals surface area contributed by atoms with E-state index in [1.54, 1.807) is 12.1 Å². The molecule has 1 heterocycles. The zero-order valence-corrected chi connectivity index (χ0v) is 13.5. The molecule has 0 aliphatic rings. The van der Waals surface area contributed by atoms with Crippen LogP contribution >= 0.6 is 11.3 Å². The van der Waals surface area contributed by atoms with Crippen LogP contribution in [-0.4, -0.2) is 30.5 Å². The van der Waals surface area contributed by atoms with Crippen LogP contribution < -0.4 is 4.90 Å². The van der Waals surface area contributed by atoms with Crippen molar-refractivity contribution in [3.8, 4) is 0 Å². The third kappa shape index (κ3) is 4.72. The number of aromatic nitrogens is 1. The minimum absolute atomic E-state index is 0.277. The minimum atomic E-state index is -0.597. The lowest BCUT2D eigenvalue weighted by Crippen LogP contribution is -2.35. The molecule has 1 aromatic heterocycles. The van der Waals surface area contributed by atoms with Gasteiger partial charge in [-0.05, 0) is 31.2 Å². The molecule has 1 amide bonds. The number of carbonyl (C=O) groups is 2. The molecule has 0 atom stereocenters. The van der Waals surface area contributed by atoms with Gasteiger partial charge in [-0.3, -0.25) is 14.5 Å². The Kier molecular flexibility index (Phi) is 5.59. The van der Waals surface area contributed by atoms with Crippen molar-refractivity contribution in [3.63, 3.8) is 0 Å². The van der Waals surface area contributed by atoms with Gasteiger partial charge < -0.3 is 4.74 Å². The van der Waals surface area contributed by atoms with Crippen molar-refractivity contribution in [2.24, 2.45) is 0 Å². The first kappa shape index (κ1) is 16.8. The predicted molar refractivity (Wildman–Crippen MR) is 86.7 cm³/mol. The first-order valence-corrected chi connectivity index (χ1v) is 7.61. The Morgan fingerprint density at radius 2 is 2.22 bits per heavy atom. The fourth-order valence-electron chi connectivity index (χ4n) is 1.84. The number of amides is 1. The molecule has 2 aromatic rings. The zero-order chi connectivity index (χ0) is 16.8. The smallest absolute Gasteiger partial charge is 0.325 e.